The van der Waals surface area contributed by atoms with Gasteiger partial charge in [0.2, 0.25) is 0 Å². The molecule has 2 rings (SSSR count). The average Bonchev–Trinajstić information content (AvgIpc) is 2.37. The highest BCUT2D eigenvalue weighted by Crippen LogP contribution is 2.31. The fraction of sp³-hybridized carbons (Fsp3) is 0.500. The summed E-state index contributed by atoms with van der Waals surface area (Å²) < 4.78 is 29.0. The van der Waals surface area contributed by atoms with Crippen molar-refractivity contribution in [2.75, 3.05) is 42.0 Å². The number of nitrogens with zero attached hydrogens (tertiary/aromatic N) is 1. The molecule has 7 heteroatoms. The summed E-state index contributed by atoms with van der Waals surface area (Å²) >= 11 is 1.66. The molecule has 1 saturated heterocycles. The highest BCUT2D eigenvalue weighted by molar-refractivity contribution is 8.01. The van der Waals surface area contributed by atoms with E-state index in [-0.39, 0.29) is 0 Å². The van der Waals surface area contributed by atoms with Gasteiger partial charge in [0.25, 0.3) is 0 Å². The van der Waals surface area contributed by atoms with Gasteiger partial charge in [-0.05, 0) is 6.07 Å². The lowest BCUT2D eigenvalue weighted by atomic mass is 10.2. The Morgan fingerprint density at radius 3 is 2.79 bits per heavy atom. The Bertz CT molecular complexity index is 560. The number of sulfone groups is 1. The van der Waals surface area contributed by atoms with E-state index < -0.39 is 15.2 Å². The zero-order valence-corrected chi connectivity index (χ0v) is 12.6. The number of nitrogen functional groups attached to an aromatic ring is 1. The highest BCUT2D eigenvalue weighted by atomic mass is 32.2. The maximum atomic E-state index is 11.9. The lowest BCUT2D eigenvalue weighted by Gasteiger charge is -2.36. The standard InChI is InChI=1S/C12H18N2O3S2/c1-17-11-6-9(13)5-10(7-11)14-3-4-18-8-12(14)19(2,15)16/h5-7,12H,3-4,8,13H2,1-2H3. The van der Waals surface area contributed by atoms with E-state index in [4.69, 9.17) is 10.5 Å². The molecule has 1 aromatic carbocycles. The third-order valence-electron chi connectivity index (χ3n) is 3.06. The second-order valence-corrected chi connectivity index (χ2v) is 7.87. The van der Waals surface area contributed by atoms with Crippen LogP contribution >= 0.6 is 11.8 Å². The maximum absolute atomic E-state index is 11.9. The number of rotatable bonds is 3. The molecular formula is C12H18N2O3S2. The number of nitrogens with two attached hydrogens (primary N) is 1. The molecule has 1 aliphatic rings. The molecule has 0 bridgehead atoms. The van der Waals surface area contributed by atoms with Crippen LogP contribution in [0.1, 0.15) is 0 Å². The minimum atomic E-state index is -3.13. The van der Waals surface area contributed by atoms with Crippen LogP contribution in [0, 0.1) is 0 Å². The van der Waals surface area contributed by atoms with E-state index in [2.05, 4.69) is 0 Å². The fourth-order valence-corrected chi connectivity index (χ4v) is 4.96. The molecule has 0 aliphatic carbocycles. The van der Waals surface area contributed by atoms with Gasteiger partial charge in [0.1, 0.15) is 11.1 Å². The Hall–Kier alpha value is -1.08. The highest BCUT2D eigenvalue weighted by Gasteiger charge is 2.31. The molecule has 0 radical (unpaired) electrons. The molecule has 1 aliphatic heterocycles. The summed E-state index contributed by atoms with van der Waals surface area (Å²) in [5.74, 6) is 2.12. The largest absolute Gasteiger partial charge is 0.497 e. The van der Waals surface area contributed by atoms with E-state index in [1.165, 1.54) is 6.26 Å². The van der Waals surface area contributed by atoms with Gasteiger partial charge in [-0.25, -0.2) is 8.42 Å². The van der Waals surface area contributed by atoms with Gasteiger partial charge in [-0.2, -0.15) is 11.8 Å². The first kappa shape index (κ1) is 14.3. The van der Waals surface area contributed by atoms with Gasteiger partial charge < -0.3 is 15.4 Å². The molecule has 1 unspecified atom stereocenters. The topological polar surface area (TPSA) is 72.6 Å². The van der Waals surface area contributed by atoms with Crippen LogP contribution in [-0.4, -0.2) is 45.2 Å². The summed E-state index contributed by atoms with van der Waals surface area (Å²) in [6.45, 7) is 0.689. The van der Waals surface area contributed by atoms with Crippen molar-refractivity contribution in [3.8, 4) is 5.75 Å². The number of hydrogen-bond acceptors (Lipinski definition) is 6. The monoisotopic (exact) mass is 302 g/mol. The van der Waals surface area contributed by atoms with Crippen molar-refractivity contribution in [2.45, 2.75) is 5.37 Å². The molecule has 1 heterocycles. The minimum absolute atomic E-state index is 0.502. The van der Waals surface area contributed by atoms with Crippen LogP contribution in [-0.2, 0) is 9.84 Å². The van der Waals surface area contributed by atoms with Crippen molar-refractivity contribution in [1.82, 2.24) is 0 Å². The van der Waals surface area contributed by atoms with Crippen molar-refractivity contribution >= 4 is 33.0 Å². The summed E-state index contributed by atoms with van der Waals surface area (Å²) in [6.07, 6.45) is 1.28. The van der Waals surface area contributed by atoms with Crippen molar-refractivity contribution in [3.63, 3.8) is 0 Å². The fourth-order valence-electron chi connectivity index (χ4n) is 2.12. The molecule has 1 fully saturated rings. The van der Waals surface area contributed by atoms with E-state index in [1.54, 1.807) is 31.0 Å². The molecule has 0 amide bonds. The van der Waals surface area contributed by atoms with Gasteiger partial charge >= 0.3 is 0 Å². The van der Waals surface area contributed by atoms with Crippen LogP contribution in [0.15, 0.2) is 18.2 Å². The predicted molar refractivity (Wildman–Crippen MR) is 80.7 cm³/mol. The Morgan fingerprint density at radius 2 is 2.16 bits per heavy atom. The smallest absolute Gasteiger partial charge is 0.169 e. The Morgan fingerprint density at radius 1 is 1.42 bits per heavy atom. The normalized spacial score (nSPS) is 20.3. The number of benzene rings is 1. The summed E-state index contributed by atoms with van der Waals surface area (Å²) in [7, 11) is -1.56. The van der Waals surface area contributed by atoms with Crippen LogP contribution in [0.3, 0.4) is 0 Å². The molecule has 0 aromatic heterocycles. The van der Waals surface area contributed by atoms with Crippen molar-refractivity contribution in [2.24, 2.45) is 0 Å². The Labute approximate surface area is 118 Å². The second-order valence-electron chi connectivity index (χ2n) is 4.52. The SMILES string of the molecule is COc1cc(N)cc(N2CCSCC2S(C)(=O)=O)c1. The Kier molecular flexibility index (Phi) is 4.15. The first-order chi connectivity index (χ1) is 8.91. The molecule has 106 valence electrons. The molecule has 1 aromatic rings. The van der Waals surface area contributed by atoms with Gasteiger partial charge in [0, 0.05) is 47.8 Å². The summed E-state index contributed by atoms with van der Waals surface area (Å²) in [6, 6.07) is 5.33. The molecule has 5 nitrogen and oxygen atoms in total. The summed E-state index contributed by atoms with van der Waals surface area (Å²) in [5.41, 5.74) is 7.20. The third kappa shape index (κ3) is 3.27. The Balaban J connectivity index is 2.40. The van der Waals surface area contributed by atoms with Crippen LogP contribution < -0.4 is 15.4 Å². The van der Waals surface area contributed by atoms with E-state index >= 15 is 0 Å². The average molecular weight is 302 g/mol. The number of ether oxygens (including phenoxy) is 1. The van der Waals surface area contributed by atoms with Crippen LogP contribution in [0.2, 0.25) is 0 Å². The molecule has 0 saturated carbocycles. The van der Waals surface area contributed by atoms with Crippen LogP contribution in [0.25, 0.3) is 0 Å². The quantitative estimate of drug-likeness (QED) is 0.846. The summed E-state index contributed by atoms with van der Waals surface area (Å²) in [5, 5.41) is -0.502. The van der Waals surface area contributed by atoms with Gasteiger partial charge in [0.15, 0.2) is 9.84 Å². The zero-order chi connectivity index (χ0) is 14.0. The molecule has 19 heavy (non-hydrogen) atoms. The van der Waals surface area contributed by atoms with Crippen molar-refractivity contribution in [3.05, 3.63) is 18.2 Å². The van der Waals surface area contributed by atoms with Gasteiger partial charge in [-0.3, -0.25) is 0 Å². The number of thioether (sulfide) groups is 1. The van der Waals surface area contributed by atoms with E-state index in [0.29, 0.717) is 23.7 Å². The predicted octanol–water partition coefficient (Wildman–Crippen LogP) is 1.20. The van der Waals surface area contributed by atoms with Gasteiger partial charge in [-0.15, -0.1) is 0 Å². The first-order valence-electron chi connectivity index (χ1n) is 5.89. The lowest BCUT2D eigenvalue weighted by Crippen LogP contribution is -2.47. The molecular weight excluding hydrogens is 284 g/mol. The lowest BCUT2D eigenvalue weighted by molar-refractivity contribution is 0.415. The van der Waals surface area contributed by atoms with Crippen molar-refractivity contribution < 1.29 is 13.2 Å². The van der Waals surface area contributed by atoms with E-state index in [0.717, 1.165) is 11.4 Å². The number of hydrogen-bond donors (Lipinski definition) is 1. The zero-order valence-electron chi connectivity index (χ0n) is 11.0. The molecule has 2 N–H and O–H groups in total. The molecule has 0 spiro atoms. The van der Waals surface area contributed by atoms with Crippen molar-refractivity contribution in [1.29, 1.82) is 0 Å². The van der Waals surface area contributed by atoms with E-state index in [9.17, 15) is 8.42 Å². The van der Waals surface area contributed by atoms with Crippen LogP contribution in [0.5, 0.6) is 5.75 Å². The third-order valence-corrected chi connectivity index (χ3v) is 5.70. The van der Waals surface area contributed by atoms with Gasteiger partial charge in [0.05, 0.1) is 7.11 Å². The first-order valence-corrected chi connectivity index (χ1v) is 9.00. The number of methoxy groups -OCH3 is 1. The van der Waals surface area contributed by atoms with Crippen LogP contribution in [0.4, 0.5) is 11.4 Å². The summed E-state index contributed by atoms with van der Waals surface area (Å²) in [4.78, 5) is 1.89. The molecule has 1 atom stereocenters. The maximum Gasteiger partial charge on any atom is 0.169 e. The second kappa shape index (κ2) is 5.50. The van der Waals surface area contributed by atoms with Gasteiger partial charge in [-0.1, -0.05) is 0 Å². The van der Waals surface area contributed by atoms with E-state index in [1.807, 2.05) is 11.0 Å². The minimum Gasteiger partial charge on any atom is -0.497 e. The number of anilines is 2.